The fourth-order valence-electron chi connectivity index (χ4n) is 5.47. The van der Waals surface area contributed by atoms with Gasteiger partial charge in [-0.05, 0) is 49.9 Å². The number of fused-ring (bicyclic) bond motifs is 1. The number of carbonyl (C=O) groups excluding carboxylic acids is 2. The van der Waals surface area contributed by atoms with Crippen LogP contribution in [0.4, 0.5) is 31.1 Å². The van der Waals surface area contributed by atoms with Crippen LogP contribution in [0.3, 0.4) is 0 Å². The molecule has 0 aromatic heterocycles. The van der Waals surface area contributed by atoms with Gasteiger partial charge in [-0.2, -0.15) is 26.3 Å². The maximum Gasteiger partial charge on any atom is 0.416 e. The molecule has 3 amide bonds. The second kappa shape index (κ2) is 9.75. The predicted molar refractivity (Wildman–Crippen MR) is 119 cm³/mol. The lowest BCUT2D eigenvalue weighted by Crippen LogP contribution is -2.57. The van der Waals surface area contributed by atoms with Crippen molar-refractivity contribution < 1.29 is 35.9 Å². The summed E-state index contributed by atoms with van der Waals surface area (Å²) < 4.78 is 79.5. The summed E-state index contributed by atoms with van der Waals surface area (Å²) >= 11 is 0. The summed E-state index contributed by atoms with van der Waals surface area (Å²) in [5.74, 6) is 0.209. The molecule has 3 aliphatic heterocycles. The van der Waals surface area contributed by atoms with Gasteiger partial charge in [0.15, 0.2) is 0 Å². The number of rotatable bonds is 3. The van der Waals surface area contributed by atoms with Crippen LogP contribution in [0.5, 0.6) is 0 Å². The fourth-order valence-corrected chi connectivity index (χ4v) is 5.47. The summed E-state index contributed by atoms with van der Waals surface area (Å²) in [6.45, 7) is 4.62. The molecule has 0 bridgehead atoms. The third-order valence-electron chi connectivity index (χ3n) is 7.75. The number of hydrogen-bond acceptors (Lipinski definition) is 3. The van der Waals surface area contributed by atoms with Gasteiger partial charge in [-0.1, -0.05) is 0 Å². The highest BCUT2D eigenvalue weighted by molar-refractivity contribution is 5.79. The molecule has 36 heavy (non-hydrogen) atoms. The minimum Gasteiger partial charge on any atom is -0.337 e. The molecule has 3 saturated heterocycles. The number of nitrogens with zero attached hydrogens (tertiary/aromatic N) is 4. The van der Waals surface area contributed by atoms with E-state index in [0.29, 0.717) is 38.2 Å². The number of alkyl halides is 6. The normalized spacial score (nSPS) is 23.1. The zero-order valence-electron chi connectivity index (χ0n) is 20.2. The molecule has 12 heteroatoms. The number of piperazine rings is 1. The molecule has 1 aromatic rings. The third kappa shape index (κ3) is 5.42. The Kier molecular flexibility index (Phi) is 7.20. The molecule has 0 unspecified atom stereocenters. The highest BCUT2D eigenvalue weighted by Crippen LogP contribution is 2.38. The van der Waals surface area contributed by atoms with E-state index in [4.69, 9.17) is 0 Å². The summed E-state index contributed by atoms with van der Waals surface area (Å²) in [6.07, 6.45) is -7.00. The summed E-state index contributed by atoms with van der Waals surface area (Å²) in [6, 6.07) is 0.515. The van der Waals surface area contributed by atoms with E-state index in [2.05, 4.69) is 4.90 Å². The number of hydrogen-bond donors (Lipinski definition) is 0. The van der Waals surface area contributed by atoms with E-state index in [1.165, 1.54) is 18.9 Å². The molecule has 1 aromatic carbocycles. The Bertz CT molecular complexity index is 958. The molecule has 0 saturated carbocycles. The molecule has 0 N–H and O–H groups in total. The van der Waals surface area contributed by atoms with Crippen LogP contribution in [0.2, 0.25) is 0 Å². The van der Waals surface area contributed by atoms with Crippen molar-refractivity contribution >= 4 is 11.9 Å². The molecule has 3 aliphatic rings. The molecule has 0 radical (unpaired) electrons. The maximum absolute atomic E-state index is 13.3. The molecule has 3 heterocycles. The lowest BCUT2D eigenvalue weighted by atomic mass is 9.99. The highest BCUT2D eigenvalue weighted by atomic mass is 19.4. The highest BCUT2D eigenvalue weighted by Gasteiger charge is 2.40. The first-order valence-corrected chi connectivity index (χ1v) is 12.1. The number of urea groups is 1. The summed E-state index contributed by atoms with van der Waals surface area (Å²) in [5.41, 5.74) is -3.03. The standard InChI is InChI=1S/C24H30F6N4O2/c1-15(16-11-17(23(25,26)27)13-18(12-16)24(28,29)30)31(2)22(36)32-7-5-19(6-8-32)33-9-10-34-20(14-33)3-4-21(34)35/h11-13,15,19-20H,3-10,14H2,1-2H3/t15-,20+/m1/s1. The molecule has 2 atom stereocenters. The van der Waals surface area contributed by atoms with Crippen LogP contribution in [0.1, 0.15) is 55.3 Å². The predicted octanol–water partition coefficient (Wildman–Crippen LogP) is 4.61. The first-order valence-electron chi connectivity index (χ1n) is 12.1. The smallest absolute Gasteiger partial charge is 0.337 e. The number of likely N-dealkylation sites (tertiary alicyclic amines) is 1. The molecule has 3 fully saturated rings. The van der Waals surface area contributed by atoms with Crippen molar-refractivity contribution in [2.24, 2.45) is 0 Å². The third-order valence-corrected chi connectivity index (χ3v) is 7.75. The Morgan fingerprint density at radius 2 is 1.50 bits per heavy atom. The topological polar surface area (TPSA) is 47.1 Å². The van der Waals surface area contributed by atoms with Crippen molar-refractivity contribution in [3.8, 4) is 0 Å². The second-order valence-electron chi connectivity index (χ2n) is 9.90. The van der Waals surface area contributed by atoms with E-state index in [-0.39, 0.29) is 29.6 Å². The largest absolute Gasteiger partial charge is 0.416 e. The first kappa shape index (κ1) is 26.6. The van der Waals surface area contributed by atoms with Gasteiger partial charge in [0, 0.05) is 58.3 Å². The van der Waals surface area contributed by atoms with Crippen molar-refractivity contribution in [1.82, 2.24) is 19.6 Å². The van der Waals surface area contributed by atoms with Gasteiger partial charge in [0.2, 0.25) is 5.91 Å². The lowest BCUT2D eigenvalue weighted by Gasteiger charge is -2.45. The van der Waals surface area contributed by atoms with Crippen LogP contribution >= 0.6 is 0 Å². The van der Waals surface area contributed by atoms with Crippen LogP contribution < -0.4 is 0 Å². The number of piperidine rings is 1. The average Bonchev–Trinajstić information content (AvgIpc) is 3.21. The minimum atomic E-state index is -4.95. The summed E-state index contributed by atoms with van der Waals surface area (Å²) in [5, 5.41) is 0. The van der Waals surface area contributed by atoms with Crippen molar-refractivity contribution in [2.75, 3.05) is 39.8 Å². The van der Waals surface area contributed by atoms with Gasteiger partial charge in [0.25, 0.3) is 0 Å². The SMILES string of the molecule is C[C@H](c1cc(C(F)(F)F)cc(C(F)(F)F)c1)N(C)C(=O)N1CCC(N2CCN3C(=O)CC[C@H]3C2)CC1. The van der Waals surface area contributed by atoms with Crippen molar-refractivity contribution in [1.29, 1.82) is 0 Å². The number of benzene rings is 1. The van der Waals surface area contributed by atoms with Crippen LogP contribution in [0, 0.1) is 0 Å². The monoisotopic (exact) mass is 520 g/mol. The number of amides is 3. The van der Waals surface area contributed by atoms with E-state index < -0.39 is 35.6 Å². The zero-order valence-corrected chi connectivity index (χ0v) is 20.2. The first-order chi connectivity index (χ1) is 16.8. The van der Waals surface area contributed by atoms with Gasteiger partial charge >= 0.3 is 18.4 Å². The quantitative estimate of drug-likeness (QED) is 0.547. The average molecular weight is 521 g/mol. The second-order valence-corrected chi connectivity index (χ2v) is 9.90. The van der Waals surface area contributed by atoms with Gasteiger partial charge < -0.3 is 14.7 Å². The van der Waals surface area contributed by atoms with E-state index in [0.717, 1.165) is 32.4 Å². The molecular formula is C24H30F6N4O2. The number of halogens is 6. The Hall–Kier alpha value is -2.50. The lowest BCUT2D eigenvalue weighted by molar-refractivity contribution is -0.143. The van der Waals surface area contributed by atoms with Crippen LogP contribution in [-0.4, -0.2) is 83.4 Å². The molecule has 0 aliphatic carbocycles. The van der Waals surface area contributed by atoms with Gasteiger partial charge in [-0.25, -0.2) is 4.79 Å². The van der Waals surface area contributed by atoms with Gasteiger partial charge in [-0.15, -0.1) is 0 Å². The molecule has 4 rings (SSSR count). The Morgan fingerprint density at radius 1 is 0.917 bits per heavy atom. The van der Waals surface area contributed by atoms with E-state index in [9.17, 15) is 35.9 Å². The Labute approximate surface area is 205 Å². The van der Waals surface area contributed by atoms with Crippen LogP contribution in [0.25, 0.3) is 0 Å². The van der Waals surface area contributed by atoms with E-state index in [1.54, 1.807) is 4.90 Å². The van der Waals surface area contributed by atoms with Gasteiger partial charge in [0.05, 0.1) is 17.2 Å². The molecular weight excluding hydrogens is 490 g/mol. The number of carbonyl (C=O) groups is 2. The summed E-state index contributed by atoms with van der Waals surface area (Å²) in [4.78, 5) is 32.1. The molecule has 0 spiro atoms. The summed E-state index contributed by atoms with van der Waals surface area (Å²) in [7, 11) is 1.39. The van der Waals surface area contributed by atoms with Crippen LogP contribution in [0.15, 0.2) is 18.2 Å². The Morgan fingerprint density at radius 3 is 2.06 bits per heavy atom. The zero-order chi connectivity index (χ0) is 26.4. The van der Waals surface area contributed by atoms with Crippen molar-refractivity contribution in [3.05, 3.63) is 34.9 Å². The van der Waals surface area contributed by atoms with Gasteiger partial charge in [0.1, 0.15) is 0 Å². The fraction of sp³-hybridized carbons (Fsp3) is 0.667. The van der Waals surface area contributed by atoms with E-state index in [1.807, 2.05) is 4.90 Å². The van der Waals surface area contributed by atoms with Crippen molar-refractivity contribution in [2.45, 2.75) is 63.1 Å². The van der Waals surface area contributed by atoms with Crippen molar-refractivity contribution in [3.63, 3.8) is 0 Å². The van der Waals surface area contributed by atoms with Gasteiger partial charge in [-0.3, -0.25) is 9.69 Å². The minimum absolute atomic E-state index is 0.0874. The van der Waals surface area contributed by atoms with Crippen LogP contribution in [-0.2, 0) is 17.1 Å². The molecule has 6 nitrogen and oxygen atoms in total. The maximum atomic E-state index is 13.3. The Balaban J connectivity index is 1.39. The molecule has 200 valence electrons. The van der Waals surface area contributed by atoms with E-state index >= 15 is 0 Å².